The van der Waals surface area contributed by atoms with Crippen LogP contribution in [-0.4, -0.2) is 246 Å². The molecule has 602 valence electrons. The number of phenols is 1. The number of aromatic nitrogens is 2. The summed E-state index contributed by atoms with van der Waals surface area (Å²) in [5.74, 6) is -16.8. The number of imidazole rings is 1. The summed E-state index contributed by atoms with van der Waals surface area (Å²) in [5, 5.41) is 78.6. The number of unbranched alkanes of at least 4 members (excludes halogenated alkanes) is 1. The van der Waals surface area contributed by atoms with Gasteiger partial charge in [-0.1, -0.05) is 90.4 Å². The third kappa shape index (κ3) is 29.9. The number of guanidine groups is 1. The molecule has 0 spiro atoms. The molecule has 39 heteroatoms. The second-order valence-electron chi connectivity index (χ2n) is 27.2. The molecule has 2 heterocycles. The predicted octanol–water partition coefficient (Wildman–Crippen LogP) is -5.19. The Hall–Kier alpha value is -10.5. The number of hydrogen-bond acceptors (Lipinski definition) is 22. The molecule has 1 aromatic heterocycles. The summed E-state index contributed by atoms with van der Waals surface area (Å²) >= 11 is 4.20. The van der Waals surface area contributed by atoms with E-state index in [9.17, 15) is 92.7 Å². The highest BCUT2D eigenvalue weighted by Crippen LogP contribution is 2.22. The number of amides is 12. The van der Waals surface area contributed by atoms with E-state index in [1.54, 1.807) is 71.9 Å². The first kappa shape index (κ1) is 90.9. The fourth-order valence-corrected chi connectivity index (χ4v) is 11.7. The van der Waals surface area contributed by atoms with E-state index in [-0.39, 0.29) is 107 Å². The van der Waals surface area contributed by atoms with E-state index >= 15 is 0 Å². The average Bonchev–Trinajstić information content (AvgIpc) is 1.73. The molecular weight excluding hydrogens is 1440 g/mol. The minimum Gasteiger partial charge on any atom is -0.508 e. The molecule has 14 atom stereocenters. The number of nitrogens with one attached hydrogen (secondary N) is 12. The van der Waals surface area contributed by atoms with Crippen LogP contribution in [0.1, 0.15) is 116 Å². The zero-order valence-electron chi connectivity index (χ0n) is 61.9. The van der Waals surface area contributed by atoms with Gasteiger partial charge in [-0.2, -0.15) is 12.6 Å². The molecule has 0 unspecified atom stereocenters. The van der Waals surface area contributed by atoms with Crippen LogP contribution in [0.4, 0.5) is 0 Å². The highest BCUT2D eigenvalue weighted by molar-refractivity contribution is 7.80. The van der Waals surface area contributed by atoms with Crippen LogP contribution in [0.15, 0.2) is 72.1 Å². The number of aromatic amines is 1. The number of nitrogens with zero attached hydrogens (tertiary/aromatic N) is 3. The zero-order valence-corrected chi connectivity index (χ0v) is 62.8. The molecule has 1 aliphatic rings. The van der Waals surface area contributed by atoms with Gasteiger partial charge in [-0.05, 0) is 92.5 Å². The number of H-pyrrole nitrogens is 1. The van der Waals surface area contributed by atoms with Crippen LogP contribution in [0.2, 0.25) is 0 Å². The van der Waals surface area contributed by atoms with Gasteiger partial charge in [0.25, 0.3) is 0 Å². The number of nitrogens with two attached hydrogens (primary N) is 4. The third-order valence-electron chi connectivity index (χ3n) is 18.0. The summed E-state index contributed by atoms with van der Waals surface area (Å²) in [6.07, 6.45) is 1.70. The van der Waals surface area contributed by atoms with Crippen LogP contribution in [-0.2, 0) is 86.4 Å². The first-order valence-electron chi connectivity index (χ1n) is 35.9. The van der Waals surface area contributed by atoms with E-state index in [4.69, 9.17) is 22.9 Å². The lowest BCUT2D eigenvalue weighted by Gasteiger charge is -2.32. The normalized spacial score (nSPS) is 16.2. The fourth-order valence-electron chi connectivity index (χ4n) is 11.4. The maximum Gasteiger partial charge on any atom is 0.326 e. The van der Waals surface area contributed by atoms with Crippen LogP contribution in [0.25, 0.3) is 0 Å². The minimum absolute atomic E-state index is 0.0444. The highest BCUT2D eigenvalue weighted by Gasteiger charge is 2.42. The highest BCUT2D eigenvalue weighted by atomic mass is 32.1. The Morgan fingerprint density at radius 1 is 0.578 bits per heavy atom. The second-order valence-corrected chi connectivity index (χ2v) is 27.5. The van der Waals surface area contributed by atoms with Gasteiger partial charge < -0.3 is 117 Å². The molecule has 1 aliphatic heterocycles. The number of carbonyl (C=O) groups is 14. The van der Waals surface area contributed by atoms with Crippen molar-refractivity contribution in [3.05, 3.63) is 83.9 Å². The number of aromatic hydroxyl groups is 1. The summed E-state index contributed by atoms with van der Waals surface area (Å²) < 4.78 is 0. The number of carboxylic acid groups (broad SMARTS) is 2. The largest absolute Gasteiger partial charge is 0.508 e. The minimum atomic E-state index is -1.95. The summed E-state index contributed by atoms with van der Waals surface area (Å²) in [5.41, 5.74) is 23.7. The van der Waals surface area contributed by atoms with Crippen molar-refractivity contribution in [1.29, 1.82) is 0 Å². The topological polar surface area (TPSA) is 621 Å². The molecule has 12 amide bonds. The number of carboxylic acids is 2. The third-order valence-corrected chi connectivity index (χ3v) is 18.4. The van der Waals surface area contributed by atoms with E-state index in [0.717, 1.165) is 0 Å². The lowest BCUT2D eigenvalue weighted by atomic mass is 9.97. The van der Waals surface area contributed by atoms with Gasteiger partial charge in [0, 0.05) is 50.0 Å². The van der Waals surface area contributed by atoms with Gasteiger partial charge in [-0.25, -0.2) is 9.78 Å². The average molecular weight is 1550 g/mol. The van der Waals surface area contributed by atoms with Crippen molar-refractivity contribution in [2.24, 2.45) is 45.7 Å². The SMILES string of the molecule is CC[C@H](C)[C@H](NC(=O)[C@@H]1CCCN1C(=O)[C@H](Cc1ccccc1)NC(=O)[C@H](CO)NC(=O)[C@H](CCCCN)NC(=O)[C@H](CC(=O)O)NC(=O)[C@H](Cc1ccc(O)cc1)NC(=O)[C@H](CS)NC(=O)[C@@H](N)C(C)C)C(=O)N[C@@H](CO)C(=O)N[C@@H](Cc1cnc[nH]1)C(=O)N[C@H](C(=O)N[C@@H](CCCN=C(N)N)C(=O)O)C(C)C. The van der Waals surface area contributed by atoms with Crippen LogP contribution in [0.3, 0.4) is 0 Å². The number of benzene rings is 2. The lowest BCUT2D eigenvalue weighted by Crippen LogP contribution is -2.62. The van der Waals surface area contributed by atoms with Crippen molar-refractivity contribution in [3.63, 3.8) is 0 Å². The zero-order chi connectivity index (χ0) is 81.2. The fraction of sp³-hybridized carbons (Fsp3) is 0.571. The number of aliphatic hydroxyl groups is 2. The Labute approximate surface area is 635 Å². The maximum absolute atomic E-state index is 15.0. The summed E-state index contributed by atoms with van der Waals surface area (Å²) in [7, 11) is 0. The second kappa shape index (κ2) is 46.0. The summed E-state index contributed by atoms with van der Waals surface area (Å²) in [6, 6.07) is -5.87. The van der Waals surface area contributed by atoms with Crippen LogP contribution in [0.5, 0.6) is 5.75 Å². The van der Waals surface area contributed by atoms with Crippen LogP contribution < -0.4 is 81.4 Å². The Morgan fingerprint density at radius 2 is 1.07 bits per heavy atom. The van der Waals surface area contributed by atoms with Crippen molar-refractivity contribution in [1.82, 2.24) is 73.4 Å². The molecule has 4 rings (SSSR count). The number of rotatable bonds is 47. The quantitative estimate of drug-likeness (QED) is 0.0109. The molecule has 1 saturated heterocycles. The van der Waals surface area contributed by atoms with Crippen molar-refractivity contribution in [2.75, 3.05) is 38.6 Å². The van der Waals surface area contributed by atoms with Gasteiger partial charge in [-0.3, -0.25) is 67.3 Å². The Bertz CT molecular complexity index is 3570. The molecule has 2 aromatic carbocycles. The molecule has 25 N–H and O–H groups in total. The summed E-state index contributed by atoms with van der Waals surface area (Å²) in [6.45, 7) is 7.86. The molecule has 0 aliphatic carbocycles. The molecule has 0 radical (unpaired) electrons. The van der Waals surface area contributed by atoms with Crippen LogP contribution >= 0.6 is 12.6 Å². The van der Waals surface area contributed by atoms with E-state index in [2.05, 4.69) is 86.1 Å². The Kier molecular flexibility index (Phi) is 38.3. The molecule has 109 heavy (non-hydrogen) atoms. The van der Waals surface area contributed by atoms with Crippen molar-refractivity contribution in [2.45, 2.75) is 197 Å². The standard InChI is InChI=1S/C70H107N19O19S/c1-7-38(6)56(67(105)85-50(33-91)61(99)81-46(29-41-31-75-35-77-41)60(98)87-55(37(4)5)66(104)79-44(69(107)108)18-13-25-76-70(73)74)88-64(102)52-19-14-26-89(52)68(106)48(28-39-15-9-8-10-16-39)83-62(100)49(32-90)84-57(95)43(17-11-12-24-71)78-59(97)47(30-53(93)94)82-58(96)45(27-40-20-22-42(92)23-21-40)80-63(101)51(34-109)86-65(103)54(72)36(2)3/h8-10,15-16,20-23,31,35-38,43-52,54-56,90-92,109H,7,11-14,17-19,24-30,32-34,71-72H2,1-6H3,(H,75,77)(H,78,97)(H,79,104)(H,80,101)(H,81,99)(H,82,96)(H,83,100)(H,84,95)(H,85,105)(H,86,103)(H,87,98)(H,88,102)(H,93,94)(H,107,108)(H4,73,74,76)/t38-,43-,44-,45-,46-,47-,48-,49-,50-,51-,52-,54-,55-,56-/m0/s1. The van der Waals surface area contributed by atoms with Gasteiger partial charge in [0.1, 0.15) is 78.3 Å². The lowest BCUT2D eigenvalue weighted by molar-refractivity contribution is -0.143. The van der Waals surface area contributed by atoms with E-state index < -0.39 is 193 Å². The number of thiol groups is 1. The first-order valence-corrected chi connectivity index (χ1v) is 36.5. The van der Waals surface area contributed by atoms with Gasteiger partial charge >= 0.3 is 11.9 Å². The molecule has 0 bridgehead atoms. The van der Waals surface area contributed by atoms with Crippen molar-refractivity contribution in [3.8, 4) is 5.75 Å². The summed E-state index contributed by atoms with van der Waals surface area (Å²) in [4.78, 5) is 206. The Morgan fingerprint density at radius 3 is 1.62 bits per heavy atom. The Balaban J connectivity index is 1.55. The van der Waals surface area contributed by atoms with Gasteiger partial charge in [0.05, 0.1) is 32.0 Å². The number of aliphatic carboxylic acids is 2. The molecule has 38 nitrogen and oxygen atoms in total. The number of aliphatic hydroxyl groups excluding tert-OH is 2. The van der Waals surface area contributed by atoms with Crippen molar-refractivity contribution < 1.29 is 92.7 Å². The molecular formula is C70H107N19O19S. The first-order chi connectivity index (χ1) is 51.7. The number of likely N-dealkylation sites (tertiary alicyclic amines) is 1. The van der Waals surface area contributed by atoms with Gasteiger partial charge in [0.15, 0.2) is 5.96 Å². The maximum atomic E-state index is 15.0. The predicted molar refractivity (Wildman–Crippen MR) is 398 cm³/mol. The van der Waals surface area contributed by atoms with Gasteiger partial charge in [0.2, 0.25) is 70.9 Å². The van der Waals surface area contributed by atoms with E-state index in [0.29, 0.717) is 23.2 Å². The van der Waals surface area contributed by atoms with E-state index in [1.165, 1.54) is 41.7 Å². The molecule has 0 saturated carbocycles. The smallest absolute Gasteiger partial charge is 0.326 e. The van der Waals surface area contributed by atoms with Crippen LogP contribution in [0, 0.1) is 17.8 Å². The molecule has 3 aromatic rings. The van der Waals surface area contributed by atoms with Crippen molar-refractivity contribution >= 4 is 101 Å². The van der Waals surface area contributed by atoms with E-state index in [1.807, 2.05) is 0 Å². The number of carbonyl (C=O) groups excluding carboxylic acids is 12. The molecule has 1 fully saturated rings. The number of hydrogen-bond donors (Lipinski definition) is 22. The number of phenolic OH excluding ortho intramolecular Hbond substituents is 1. The van der Waals surface area contributed by atoms with Gasteiger partial charge in [-0.15, -0.1) is 0 Å². The monoisotopic (exact) mass is 1550 g/mol. The number of aliphatic imine (C=N–C) groups is 1.